The number of nitrogens with one attached hydrogen (secondary N) is 1. The number of rotatable bonds is 0. The number of ketones is 1. The topological polar surface area (TPSA) is 29.1 Å². The molecule has 0 bridgehead atoms. The van der Waals surface area contributed by atoms with Crippen LogP contribution in [0.2, 0.25) is 0 Å². The molecule has 2 fully saturated rings. The van der Waals surface area contributed by atoms with Crippen LogP contribution >= 0.6 is 12.4 Å². The van der Waals surface area contributed by atoms with E-state index in [1.807, 2.05) is 0 Å². The Labute approximate surface area is 66.8 Å². The maximum atomic E-state index is 11.0. The summed E-state index contributed by atoms with van der Waals surface area (Å²) in [6, 6.07) is 0. The van der Waals surface area contributed by atoms with Crippen LogP contribution in [0.25, 0.3) is 0 Å². The van der Waals surface area contributed by atoms with Crippen LogP contribution in [0.1, 0.15) is 12.8 Å². The van der Waals surface area contributed by atoms with Gasteiger partial charge in [-0.3, -0.25) is 4.79 Å². The lowest BCUT2D eigenvalue weighted by Crippen LogP contribution is -2.14. The van der Waals surface area contributed by atoms with Crippen molar-refractivity contribution in [1.82, 2.24) is 5.32 Å². The van der Waals surface area contributed by atoms with Gasteiger partial charge >= 0.3 is 0 Å². The van der Waals surface area contributed by atoms with Crippen LogP contribution in [0.3, 0.4) is 0 Å². The average Bonchev–Trinajstić information content (AvgIpc) is 2.35. The highest BCUT2D eigenvalue weighted by molar-refractivity contribution is 5.85. The van der Waals surface area contributed by atoms with Gasteiger partial charge in [0.1, 0.15) is 5.78 Å². The van der Waals surface area contributed by atoms with Gasteiger partial charge in [-0.1, -0.05) is 0 Å². The van der Waals surface area contributed by atoms with Crippen LogP contribution in [0.15, 0.2) is 0 Å². The summed E-state index contributed by atoms with van der Waals surface area (Å²) < 4.78 is 0. The van der Waals surface area contributed by atoms with E-state index in [4.69, 9.17) is 0 Å². The molecule has 1 saturated heterocycles. The van der Waals surface area contributed by atoms with Crippen LogP contribution in [-0.4, -0.2) is 18.9 Å². The van der Waals surface area contributed by atoms with Gasteiger partial charge in [-0.05, 0) is 18.9 Å². The minimum Gasteiger partial charge on any atom is -0.316 e. The van der Waals surface area contributed by atoms with Crippen molar-refractivity contribution in [2.75, 3.05) is 13.1 Å². The number of Topliss-reactive ketones (excluding diaryl/α,β-unsaturated/α-hetero) is 1. The van der Waals surface area contributed by atoms with Crippen molar-refractivity contribution in [2.24, 2.45) is 11.8 Å². The number of carbonyl (C=O) groups is 1. The molecular weight excluding hydrogens is 150 g/mol. The molecule has 2 nitrogen and oxygen atoms in total. The Bertz CT molecular complexity index is 149. The van der Waals surface area contributed by atoms with Crippen LogP contribution in [0.4, 0.5) is 0 Å². The molecule has 2 rings (SSSR count). The summed E-state index contributed by atoms with van der Waals surface area (Å²) in [7, 11) is 0. The second kappa shape index (κ2) is 2.89. The molecule has 0 aromatic carbocycles. The van der Waals surface area contributed by atoms with E-state index in [-0.39, 0.29) is 12.4 Å². The fraction of sp³-hybridized carbons (Fsp3) is 0.857. The molecule has 1 heterocycles. The first-order valence-electron chi connectivity index (χ1n) is 3.61. The predicted molar refractivity (Wildman–Crippen MR) is 41.3 cm³/mol. The Morgan fingerprint density at radius 1 is 1.40 bits per heavy atom. The molecule has 1 N–H and O–H groups in total. The van der Waals surface area contributed by atoms with E-state index in [0.717, 1.165) is 25.9 Å². The van der Waals surface area contributed by atoms with E-state index in [1.165, 1.54) is 0 Å². The molecule has 1 aliphatic heterocycles. The van der Waals surface area contributed by atoms with Crippen molar-refractivity contribution < 1.29 is 4.79 Å². The highest BCUT2D eigenvalue weighted by Crippen LogP contribution is 2.30. The third-order valence-electron chi connectivity index (χ3n) is 2.51. The Kier molecular flexibility index (Phi) is 2.32. The second-order valence-corrected chi connectivity index (χ2v) is 3.03. The number of carbonyl (C=O) groups excluding carboxylic acids is 1. The van der Waals surface area contributed by atoms with Crippen LogP contribution < -0.4 is 5.32 Å². The number of halogens is 1. The van der Waals surface area contributed by atoms with E-state index in [9.17, 15) is 4.79 Å². The summed E-state index contributed by atoms with van der Waals surface area (Å²) in [6.45, 7) is 2.03. The largest absolute Gasteiger partial charge is 0.316 e. The normalized spacial score (nSPS) is 37.4. The first-order chi connectivity index (χ1) is 4.38. The molecule has 0 aromatic rings. The average molecular weight is 162 g/mol. The SMILES string of the molecule is Cl.O=C1CC[C@H]2CNCC12. The highest BCUT2D eigenvalue weighted by Gasteiger charge is 2.37. The third-order valence-corrected chi connectivity index (χ3v) is 2.51. The fourth-order valence-electron chi connectivity index (χ4n) is 1.93. The Morgan fingerprint density at radius 2 is 2.20 bits per heavy atom. The van der Waals surface area contributed by atoms with Crippen LogP contribution in [-0.2, 0) is 4.79 Å². The number of hydrogen-bond acceptors (Lipinski definition) is 2. The summed E-state index contributed by atoms with van der Waals surface area (Å²) >= 11 is 0. The second-order valence-electron chi connectivity index (χ2n) is 3.03. The first kappa shape index (κ1) is 8.02. The third kappa shape index (κ3) is 1.06. The van der Waals surface area contributed by atoms with Crippen molar-refractivity contribution in [1.29, 1.82) is 0 Å². The van der Waals surface area contributed by atoms with Gasteiger partial charge in [0.15, 0.2) is 0 Å². The lowest BCUT2D eigenvalue weighted by Gasteiger charge is -2.01. The Morgan fingerprint density at radius 3 is 2.90 bits per heavy atom. The number of hydrogen-bond donors (Lipinski definition) is 1. The molecule has 1 unspecified atom stereocenters. The smallest absolute Gasteiger partial charge is 0.137 e. The summed E-state index contributed by atoms with van der Waals surface area (Å²) in [6.07, 6.45) is 1.98. The standard InChI is InChI=1S/C7H11NO.ClH/c9-7-2-1-5-3-8-4-6(5)7;/h5-6,8H,1-4H2;1H/t5-,6?;/m0./s1. The van der Waals surface area contributed by atoms with E-state index in [1.54, 1.807) is 0 Å². The molecule has 0 aromatic heterocycles. The summed E-state index contributed by atoms with van der Waals surface area (Å²) in [4.78, 5) is 11.0. The van der Waals surface area contributed by atoms with E-state index >= 15 is 0 Å². The number of fused-ring (bicyclic) bond motifs is 1. The van der Waals surface area contributed by atoms with Crippen molar-refractivity contribution in [3.8, 4) is 0 Å². The Balaban J connectivity index is 0.000000500. The fourth-order valence-corrected chi connectivity index (χ4v) is 1.93. The van der Waals surface area contributed by atoms with E-state index in [0.29, 0.717) is 17.6 Å². The molecule has 3 heteroatoms. The first-order valence-corrected chi connectivity index (χ1v) is 3.61. The van der Waals surface area contributed by atoms with Gasteiger partial charge in [0.05, 0.1) is 0 Å². The molecule has 58 valence electrons. The van der Waals surface area contributed by atoms with Gasteiger partial charge in [0.25, 0.3) is 0 Å². The molecule has 2 aliphatic rings. The van der Waals surface area contributed by atoms with Gasteiger partial charge in [-0.25, -0.2) is 0 Å². The quantitative estimate of drug-likeness (QED) is 0.564. The zero-order valence-corrected chi connectivity index (χ0v) is 6.62. The van der Waals surface area contributed by atoms with Crippen molar-refractivity contribution >= 4 is 18.2 Å². The maximum absolute atomic E-state index is 11.0. The highest BCUT2D eigenvalue weighted by atomic mass is 35.5. The minimum absolute atomic E-state index is 0. The molecular formula is C7H12ClNO. The summed E-state index contributed by atoms with van der Waals surface area (Å²) in [5, 5.41) is 3.23. The molecule has 0 spiro atoms. The molecule has 1 aliphatic carbocycles. The zero-order valence-electron chi connectivity index (χ0n) is 5.80. The van der Waals surface area contributed by atoms with Crippen molar-refractivity contribution in [2.45, 2.75) is 12.8 Å². The van der Waals surface area contributed by atoms with Gasteiger partial charge in [-0.15, -0.1) is 12.4 Å². The lowest BCUT2D eigenvalue weighted by molar-refractivity contribution is -0.120. The van der Waals surface area contributed by atoms with E-state index < -0.39 is 0 Å². The zero-order chi connectivity index (χ0) is 6.27. The van der Waals surface area contributed by atoms with Crippen molar-refractivity contribution in [3.63, 3.8) is 0 Å². The molecule has 10 heavy (non-hydrogen) atoms. The van der Waals surface area contributed by atoms with Gasteiger partial charge in [0.2, 0.25) is 0 Å². The van der Waals surface area contributed by atoms with Gasteiger partial charge in [-0.2, -0.15) is 0 Å². The minimum atomic E-state index is 0. The van der Waals surface area contributed by atoms with Gasteiger partial charge < -0.3 is 5.32 Å². The van der Waals surface area contributed by atoms with Gasteiger partial charge in [0, 0.05) is 18.9 Å². The molecule has 1 saturated carbocycles. The summed E-state index contributed by atoms with van der Waals surface area (Å²) in [5.74, 6) is 1.58. The van der Waals surface area contributed by atoms with Crippen LogP contribution in [0.5, 0.6) is 0 Å². The van der Waals surface area contributed by atoms with Crippen LogP contribution in [0, 0.1) is 11.8 Å². The predicted octanol–water partition coefficient (Wildman–Crippen LogP) is 0.607. The Hall–Kier alpha value is -0.0800. The monoisotopic (exact) mass is 161 g/mol. The maximum Gasteiger partial charge on any atom is 0.137 e. The molecule has 0 amide bonds. The molecule has 0 radical (unpaired) electrons. The molecule has 2 atom stereocenters. The lowest BCUT2D eigenvalue weighted by atomic mass is 10.0. The van der Waals surface area contributed by atoms with E-state index in [2.05, 4.69) is 5.32 Å². The van der Waals surface area contributed by atoms with Crippen molar-refractivity contribution in [3.05, 3.63) is 0 Å². The summed E-state index contributed by atoms with van der Waals surface area (Å²) in [5.41, 5.74) is 0.